The van der Waals surface area contributed by atoms with Crippen molar-refractivity contribution in [1.29, 1.82) is 0 Å². The number of aliphatic imine (C=N–C) groups is 1. The molecule has 3 rings (SSSR count). The van der Waals surface area contributed by atoms with Gasteiger partial charge in [0.05, 0.1) is 12.1 Å². The van der Waals surface area contributed by atoms with E-state index in [9.17, 15) is 0 Å². The predicted octanol–water partition coefficient (Wildman–Crippen LogP) is 3.14. The first-order valence-corrected chi connectivity index (χ1v) is 7.57. The molecule has 1 aromatic carbocycles. The number of aryl methyl sites for hydroxylation is 1. The third-order valence-corrected chi connectivity index (χ3v) is 4.33. The first-order valence-electron chi connectivity index (χ1n) is 6.34. The molecule has 0 saturated carbocycles. The van der Waals surface area contributed by atoms with Crippen molar-refractivity contribution in [3.63, 3.8) is 0 Å². The van der Waals surface area contributed by atoms with Crippen LogP contribution >= 0.6 is 11.8 Å². The summed E-state index contributed by atoms with van der Waals surface area (Å²) in [6, 6.07) is 9.67. The SMILES string of the molecule is CSC1=NC2c3ccccc3CCCCC2N1. The molecule has 0 saturated heterocycles. The third kappa shape index (κ3) is 2.08. The maximum absolute atomic E-state index is 4.84. The maximum atomic E-state index is 4.84. The summed E-state index contributed by atoms with van der Waals surface area (Å²) in [6.07, 6.45) is 7.16. The van der Waals surface area contributed by atoms with Crippen molar-refractivity contribution in [3.8, 4) is 0 Å². The van der Waals surface area contributed by atoms with Crippen LogP contribution in [-0.4, -0.2) is 17.5 Å². The lowest BCUT2D eigenvalue weighted by Crippen LogP contribution is -2.31. The smallest absolute Gasteiger partial charge is 0.157 e. The number of fused-ring (bicyclic) bond motifs is 3. The van der Waals surface area contributed by atoms with Crippen molar-refractivity contribution in [2.45, 2.75) is 37.8 Å². The summed E-state index contributed by atoms with van der Waals surface area (Å²) in [6.45, 7) is 0. The van der Waals surface area contributed by atoms with Crippen LogP contribution in [-0.2, 0) is 6.42 Å². The molecule has 1 aliphatic heterocycles. The molecule has 0 radical (unpaired) electrons. The number of nitrogens with one attached hydrogen (secondary N) is 1. The summed E-state index contributed by atoms with van der Waals surface area (Å²) < 4.78 is 0. The zero-order valence-corrected chi connectivity index (χ0v) is 11.0. The van der Waals surface area contributed by atoms with E-state index in [0.29, 0.717) is 12.1 Å². The van der Waals surface area contributed by atoms with Gasteiger partial charge < -0.3 is 5.32 Å². The topological polar surface area (TPSA) is 24.4 Å². The number of hydrogen-bond donors (Lipinski definition) is 1. The van der Waals surface area contributed by atoms with Gasteiger partial charge in [-0.3, -0.25) is 4.99 Å². The number of thioether (sulfide) groups is 1. The fourth-order valence-corrected chi connectivity index (χ4v) is 3.34. The molecule has 2 unspecified atom stereocenters. The largest absolute Gasteiger partial charge is 0.360 e. The first-order chi connectivity index (χ1) is 8.38. The van der Waals surface area contributed by atoms with Crippen LogP contribution in [0.25, 0.3) is 0 Å². The van der Waals surface area contributed by atoms with Crippen molar-refractivity contribution < 1.29 is 0 Å². The van der Waals surface area contributed by atoms with E-state index in [2.05, 4.69) is 35.8 Å². The van der Waals surface area contributed by atoms with E-state index in [-0.39, 0.29) is 0 Å². The van der Waals surface area contributed by atoms with Crippen LogP contribution in [0.5, 0.6) is 0 Å². The number of hydrogen-bond acceptors (Lipinski definition) is 3. The zero-order valence-electron chi connectivity index (χ0n) is 10.1. The highest BCUT2D eigenvalue weighted by Gasteiger charge is 2.31. The minimum absolute atomic E-state index is 0.342. The molecule has 0 aromatic heterocycles. The zero-order chi connectivity index (χ0) is 11.7. The standard InChI is InChI=1S/C14H18N2S/c1-17-14-15-12-9-5-3-7-10-6-2-4-8-11(10)13(12)16-14/h2,4,6,8,12-13H,3,5,7,9H2,1H3,(H,15,16). The Balaban J connectivity index is 2.00. The Kier molecular flexibility index (Phi) is 3.10. The Hall–Kier alpha value is -0.960. The summed E-state index contributed by atoms with van der Waals surface area (Å²) in [5.74, 6) is 0. The monoisotopic (exact) mass is 246 g/mol. The molecule has 0 spiro atoms. The maximum Gasteiger partial charge on any atom is 0.157 e. The molecular formula is C14H18N2S. The Morgan fingerprint density at radius 2 is 2.18 bits per heavy atom. The molecule has 1 aromatic rings. The van der Waals surface area contributed by atoms with E-state index in [1.807, 2.05) is 0 Å². The van der Waals surface area contributed by atoms with Crippen molar-refractivity contribution in [2.24, 2.45) is 4.99 Å². The van der Waals surface area contributed by atoms with E-state index >= 15 is 0 Å². The van der Waals surface area contributed by atoms with E-state index in [4.69, 9.17) is 4.99 Å². The lowest BCUT2D eigenvalue weighted by molar-refractivity contribution is 0.466. The van der Waals surface area contributed by atoms with Crippen LogP contribution in [0.1, 0.15) is 36.4 Å². The van der Waals surface area contributed by atoms with Crippen molar-refractivity contribution >= 4 is 16.9 Å². The highest BCUT2D eigenvalue weighted by molar-refractivity contribution is 8.13. The first kappa shape index (κ1) is 11.1. The van der Waals surface area contributed by atoms with Crippen molar-refractivity contribution in [3.05, 3.63) is 35.4 Å². The highest BCUT2D eigenvalue weighted by atomic mass is 32.2. The van der Waals surface area contributed by atoms with E-state index in [1.165, 1.54) is 36.8 Å². The third-order valence-electron chi connectivity index (χ3n) is 3.72. The second kappa shape index (κ2) is 4.73. The highest BCUT2D eigenvalue weighted by Crippen LogP contribution is 2.34. The predicted molar refractivity (Wildman–Crippen MR) is 74.6 cm³/mol. The quantitative estimate of drug-likeness (QED) is 0.760. The van der Waals surface area contributed by atoms with Crippen molar-refractivity contribution in [2.75, 3.05) is 6.26 Å². The number of nitrogens with zero attached hydrogens (tertiary/aromatic N) is 1. The van der Waals surface area contributed by atoms with Gasteiger partial charge in [0, 0.05) is 0 Å². The lowest BCUT2D eigenvalue weighted by atomic mass is 9.88. The van der Waals surface area contributed by atoms with Crippen LogP contribution in [0, 0.1) is 0 Å². The van der Waals surface area contributed by atoms with Gasteiger partial charge in [0.25, 0.3) is 0 Å². The van der Waals surface area contributed by atoms with Crippen LogP contribution in [0.3, 0.4) is 0 Å². The van der Waals surface area contributed by atoms with Gasteiger partial charge in [-0.2, -0.15) is 0 Å². The number of rotatable bonds is 0. The average molecular weight is 246 g/mol. The molecule has 0 amide bonds. The minimum Gasteiger partial charge on any atom is -0.360 e. The van der Waals surface area contributed by atoms with Crippen LogP contribution in [0.15, 0.2) is 29.3 Å². The van der Waals surface area contributed by atoms with Crippen LogP contribution in [0.2, 0.25) is 0 Å². The molecule has 17 heavy (non-hydrogen) atoms. The molecule has 2 aliphatic rings. The minimum atomic E-state index is 0.342. The molecule has 90 valence electrons. The molecule has 3 heteroatoms. The molecule has 2 nitrogen and oxygen atoms in total. The van der Waals surface area contributed by atoms with Gasteiger partial charge in [-0.25, -0.2) is 0 Å². The second-order valence-corrected chi connectivity index (χ2v) is 5.57. The van der Waals surface area contributed by atoms with E-state index in [0.717, 1.165) is 5.17 Å². The Morgan fingerprint density at radius 1 is 1.29 bits per heavy atom. The molecule has 1 heterocycles. The van der Waals surface area contributed by atoms with E-state index in [1.54, 1.807) is 11.8 Å². The number of benzene rings is 1. The van der Waals surface area contributed by atoms with E-state index < -0.39 is 0 Å². The molecule has 1 aliphatic carbocycles. The molecule has 0 fully saturated rings. The van der Waals surface area contributed by atoms with Crippen LogP contribution < -0.4 is 5.32 Å². The molecular weight excluding hydrogens is 228 g/mol. The summed E-state index contributed by atoms with van der Waals surface area (Å²) in [7, 11) is 0. The fraction of sp³-hybridized carbons (Fsp3) is 0.500. The molecule has 2 atom stereocenters. The normalized spacial score (nSPS) is 27.2. The van der Waals surface area contributed by atoms with Crippen molar-refractivity contribution in [1.82, 2.24) is 5.32 Å². The summed E-state index contributed by atoms with van der Waals surface area (Å²) in [4.78, 5) is 4.84. The second-order valence-electron chi connectivity index (χ2n) is 4.78. The summed E-state index contributed by atoms with van der Waals surface area (Å²) in [5, 5.41) is 4.67. The van der Waals surface area contributed by atoms with Gasteiger partial charge in [0.1, 0.15) is 0 Å². The lowest BCUT2D eigenvalue weighted by Gasteiger charge is -2.23. The number of amidine groups is 1. The van der Waals surface area contributed by atoms with Gasteiger partial charge in [0.15, 0.2) is 5.17 Å². The van der Waals surface area contributed by atoms with Crippen LogP contribution in [0.4, 0.5) is 0 Å². The fourth-order valence-electron chi connectivity index (χ4n) is 2.85. The Labute approximate surface area is 107 Å². The average Bonchev–Trinajstić information content (AvgIpc) is 2.75. The van der Waals surface area contributed by atoms with Gasteiger partial charge in [-0.1, -0.05) is 42.4 Å². The summed E-state index contributed by atoms with van der Waals surface area (Å²) >= 11 is 1.73. The summed E-state index contributed by atoms with van der Waals surface area (Å²) in [5.41, 5.74) is 2.93. The van der Waals surface area contributed by atoms with Gasteiger partial charge in [-0.15, -0.1) is 0 Å². The Bertz CT molecular complexity index is 442. The Morgan fingerprint density at radius 3 is 3.06 bits per heavy atom. The van der Waals surface area contributed by atoms with Gasteiger partial charge in [-0.05, 0) is 36.6 Å². The van der Waals surface area contributed by atoms with Gasteiger partial charge >= 0.3 is 0 Å². The molecule has 1 N–H and O–H groups in total. The van der Waals surface area contributed by atoms with Gasteiger partial charge in [0.2, 0.25) is 0 Å². The molecule has 0 bridgehead atoms.